The van der Waals surface area contributed by atoms with Crippen LogP contribution >= 0.6 is 0 Å². The second-order valence-electron chi connectivity index (χ2n) is 7.57. The van der Waals surface area contributed by atoms with Gasteiger partial charge in [-0.05, 0) is 57.5 Å². The summed E-state index contributed by atoms with van der Waals surface area (Å²) in [4.78, 5) is 25.5. The molecule has 2 amide bonds. The Kier molecular flexibility index (Phi) is 7.67. The van der Waals surface area contributed by atoms with Crippen molar-refractivity contribution in [1.29, 1.82) is 0 Å². The van der Waals surface area contributed by atoms with E-state index in [0.717, 1.165) is 16.1 Å². The zero-order valence-corrected chi connectivity index (χ0v) is 19.4. The average Bonchev–Trinajstić information content (AvgIpc) is 2.67. The third kappa shape index (κ3) is 5.97. The lowest BCUT2D eigenvalue weighted by Crippen LogP contribution is -2.45. The van der Waals surface area contributed by atoms with E-state index in [4.69, 9.17) is 4.74 Å². The van der Waals surface area contributed by atoms with Gasteiger partial charge in [-0.15, -0.1) is 0 Å². The lowest BCUT2D eigenvalue weighted by Gasteiger charge is -2.29. The maximum absolute atomic E-state index is 13.1. The summed E-state index contributed by atoms with van der Waals surface area (Å²) in [6, 6.07) is 10.5. The van der Waals surface area contributed by atoms with Gasteiger partial charge < -0.3 is 15.4 Å². The molecule has 8 nitrogen and oxygen atoms in total. The molecule has 1 atom stereocenters. The molecule has 31 heavy (non-hydrogen) atoms. The van der Waals surface area contributed by atoms with Crippen LogP contribution in [-0.4, -0.2) is 45.7 Å². The number of hydrogen-bond donors (Lipinski definition) is 2. The van der Waals surface area contributed by atoms with Crippen LogP contribution in [0.15, 0.2) is 42.5 Å². The van der Waals surface area contributed by atoms with E-state index in [1.165, 1.54) is 14.0 Å². The largest absolute Gasteiger partial charge is 0.495 e. The monoisotopic (exact) mass is 447 g/mol. The second kappa shape index (κ2) is 9.82. The van der Waals surface area contributed by atoms with E-state index in [0.29, 0.717) is 11.4 Å². The van der Waals surface area contributed by atoms with Gasteiger partial charge in [0.2, 0.25) is 15.9 Å². The third-order valence-corrected chi connectivity index (χ3v) is 5.74. The molecule has 2 N–H and O–H groups in total. The summed E-state index contributed by atoms with van der Waals surface area (Å²) in [5, 5.41) is 5.48. The number of amides is 2. The van der Waals surface area contributed by atoms with Crippen molar-refractivity contribution in [3.05, 3.63) is 53.6 Å². The molecule has 0 aliphatic heterocycles. The van der Waals surface area contributed by atoms with Gasteiger partial charge in [0.05, 0.1) is 30.3 Å². The van der Waals surface area contributed by atoms with Gasteiger partial charge >= 0.3 is 0 Å². The number of para-hydroxylation sites is 1. The number of anilines is 2. The molecule has 0 bridgehead atoms. The minimum absolute atomic E-state index is 0.0790. The summed E-state index contributed by atoms with van der Waals surface area (Å²) < 4.78 is 31.6. The topological polar surface area (TPSA) is 105 Å². The van der Waals surface area contributed by atoms with Gasteiger partial charge in [-0.25, -0.2) is 8.42 Å². The van der Waals surface area contributed by atoms with E-state index in [1.807, 2.05) is 20.8 Å². The van der Waals surface area contributed by atoms with Crippen molar-refractivity contribution >= 4 is 33.2 Å². The van der Waals surface area contributed by atoms with Crippen molar-refractivity contribution < 1.29 is 22.7 Å². The van der Waals surface area contributed by atoms with Crippen LogP contribution in [0.25, 0.3) is 0 Å². The number of hydrogen-bond acceptors (Lipinski definition) is 5. The fourth-order valence-corrected chi connectivity index (χ4v) is 4.29. The lowest BCUT2D eigenvalue weighted by molar-refractivity contribution is -0.116. The smallest absolute Gasteiger partial charge is 0.253 e. The number of sulfonamides is 1. The van der Waals surface area contributed by atoms with Crippen LogP contribution in [0.4, 0.5) is 11.4 Å². The number of ether oxygens (including phenoxy) is 1. The average molecular weight is 448 g/mol. The first kappa shape index (κ1) is 24.2. The van der Waals surface area contributed by atoms with Gasteiger partial charge in [-0.1, -0.05) is 18.2 Å². The number of aryl methyl sites for hydroxylation is 1. The van der Waals surface area contributed by atoms with Crippen LogP contribution in [-0.2, 0) is 14.8 Å². The number of carbonyl (C=O) groups excluding carboxylic acids is 2. The Morgan fingerprint density at radius 1 is 1.06 bits per heavy atom. The van der Waals surface area contributed by atoms with Crippen molar-refractivity contribution in [3.63, 3.8) is 0 Å². The third-order valence-electron chi connectivity index (χ3n) is 4.51. The molecule has 0 radical (unpaired) electrons. The molecule has 168 valence electrons. The summed E-state index contributed by atoms with van der Waals surface area (Å²) in [5.41, 5.74) is 1.66. The highest BCUT2D eigenvalue weighted by Gasteiger charge is 2.32. The minimum Gasteiger partial charge on any atom is -0.495 e. The fourth-order valence-electron chi connectivity index (χ4n) is 3.12. The van der Waals surface area contributed by atoms with Crippen LogP contribution in [0.2, 0.25) is 0 Å². The van der Waals surface area contributed by atoms with Crippen LogP contribution in [0.1, 0.15) is 36.7 Å². The molecule has 0 saturated heterocycles. The van der Waals surface area contributed by atoms with Gasteiger partial charge in [-0.3, -0.25) is 13.9 Å². The molecule has 0 spiro atoms. The Morgan fingerprint density at radius 2 is 1.71 bits per heavy atom. The summed E-state index contributed by atoms with van der Waals surface area (Å²) in [7, 11) is -2.40. The Balaban J connectivity index is 2.41. The van der Waals surface area contributed by atoms with Gasteiger partial charge in [0.25, 0.3) is 5.91 Å². The normalized spacial score (nSPS) is 12.2. The number of nitrogens with zero attached hydrogens (tertiary/aromatic N) is 1. The van der Waals surface area contributed by atoms with Crippen molar-refractivity contribution in [2.24, 2.45) is 0 Å². The van der Waals surface area contributed by atoms with E-state index in [-0.39, 0.29) is 23.2 Å². The number of methoxy groups -OCH3 is 1. The predicted molar refractivity (Wildman–Crippen MR) is 122 cm³/mol. The van der Waals surface area contributed by atoms with Crippen molar-refractivity contribution in [2.75, 3.05) is 23.0 Å². The minimum atomic E-state index is -3.83. The first-order chi connectivity index (χ1) is 14.5. The fraction of sp³-hybridized carbons (Fsp3) is 0.364. The summed E-state index contributed by atoms with van der Waals surface area (Å²) >= 11 is 0. The number of rotatable bonds is 8. The van der Waals surface area contributed by atoms with Crippen LogP contribution in [0.5, 0.6) is 5.75 Å². The predicted octanol–water partition coefficient (Wildman–Crippen LogP) is 2.94. The molecule has 0 saturated carbocycles. The van der Waals surface area contributed by atoms with Gasteiger partial charge in [0.1, 0.15) is 11.8 Å². The van der Waals surface area contributed by atoms with Crippen LogP contribution in [0.3, 0.4) is 0 Å². The SMILES string of the molecule is COc1ccc(C)cc1N([C@@H](C)C(=O)Nc1ccccc1C(=O)NC(C)C)S(C)(=O)=O. The number of carbonyl (C=O) groups is 2. The molecule has 0 unspecified atom stereocenters. The lowest BCUT2D eigenvalue weighted by atomic mass is 10.1. The van der Waals surface area contributed by atoms with Crippen LogP contribution < -0.4 is 19.7 Å². The van der Waals surface area contributed by atoms with E-state index in [2.05, 4.69) is 10.6 Å². The van der Waals surface area contributed by atoms with E-state index >= 15 is 0 Å². The zero-order valence-electron chi connectivity index (χ0n) is 18.6. The number of benzene rings is 2. The summed E-state index contributed by atoms with van der Waals surface area (Å²) in [6.07, 6.45) is 1.03. The Bertz CT molecular complexity index is 1070. The maximum Gasteiger partial charge on any atom is 0.253 e. The standard InChI is InChI=1S/C22H29N3O5S/c1-14(2)23-22(27)17-9-7-8-10-18(17)24-21(26)16(4)25(31(6,28)29)19-13-15(3)11-12-20(19)30-5/h7-14,16H,1-6H3,(H,23,27)(H,24,26)/t16-/m0/s1. The van der Waals surface area contributed by atoms with Gasteiger partial charge in [-0.2, -0.15) is 0 Å². The van der Waals surface area contributed by atoms with Crippen LogP contribution in [0, 0.1) is 6.92 Å². The van der Waals surface area contributed by atoms with Crippen molar-refractivity contribution in [2.45, 2.75) is 39.8 Å². The molecule has 9 heteroatoms. The van der Waals surface area contributed by atoms with E-state index < -0.39 is 22.0 Å². The Hall–Kier alpha value is -3.07. The molecular formula is C22H29N3O5S. The molecule has 2 aromatic rings. The Labute approximate surface area is 183 Å². The molecule has 0 aliphatic rings. The molecule has 0 heterocycles. The highest BCUT2D eigenvalue weighted by molar-refractivity contribution is 7.92. The molecule has 2 rings (SSSR count). The molecule has 0 aliphatic carbocycles. The molecular weight excluding hydrogens is 418 g/mol. The summed E-state index contributed by atoms with van der Waals surface area (Å²) in [6.45, 7) is 6.97. The molecule has 0 fully saturated rings. The molecule has 2 aromatic carbocycles. The van der Waals surface area contributed by atoms with Crippen molar-refractivity contribution in [3.8, 4) is 5.75 Å². The van der Waals surface area contributed by atoms with Gasteiger partial charge in [0, 0.05) is 6.04 Å². The Morgan fingerprint density at radius 3 is 2.29 bits per heavy atom. The maximum atomic E-state index is 13.1. The van der Waals surface area contributed by atoms with Crippen molar-refractivity contribution in [1.82, 2.24) is 5.32 Å². The quantitative estimate of drug-likeness (QED) is 0.647. The summed E-state index contributed by atoms with van der Waals surface area (Å²) in [5.74, 6) is -0.593. The first-order valence-electron chi connectivity index (χ1n) is 9.80. The number of nitrogens with one attached hydrogen (secondary N) is 2. The first-order valence-corrected chi connectivity index (χ1v) is 11.6. The van der Waals surface area contributed by atoms with E-state index in [1.54, 1.807) is 42.5 Å². The second-order valence-corrected chi connectivity index (χ2v) is 9.43. The highest BCUT2D eigenvalue weighted by atomic mass is 32.2. The van der Waals surface area contributed by atoms with E-state index in [9.17, 15) is 18.0 Å². The highest BCUT2D eigenvalue weighted by Crippen LogP contribution is 2.33. The zero-order chi connectivity index (χ0) is 23.3. The molecule has 0 aromatic heterocycles. The van der Waals surface area contributed by atoms with Gasteiger partial charge in [0.15, 0.2) is 0 Å².